The number of thiazole rings is 1. The van der Waals surface area contributed by atoms with E-state index in [2.05, 4.69) is 38.2 Å². The molecule has 2 aliphatic carbocycles. The Bertz CT molecular complexity index is 1520. The van der Waals surface area contributed by atoms with Crippen LogP contribution in [0.2, 0.25) is 0 Å². The number of hydrogen-bond donors (Lipinski definition) is 2. The van der Waals surface area contributed by atoms with Crippen molar-refractivity contribution < 1.29 is 24.2 Å². The molecular formula is C34H44N6O5S. The van der Waals surface area contributed by atoms with E-state index in [-0.39, 0.29) is 30.4 Å². The number of aliphatic hydroxyl groups is 1. The summed E-state index contributed by atoms with van der Waals surface area (Å²) in [7, 11) is 0. The highest BCUT2D eigenvalue weighted by atomic mass is 32.1. The first kappa shape index (κ1) is 31.6. The standard InChI is InChI=1S/C34H44N6O5S/c1-21-19-39(32(42)13-22-7-11-44-12-8-22)9-10-40(21)26-14-24(15-26)33(43)38-34-37-27-6-5-23(16-30(27)46-34)25-17-35-31(36-18-25)20-45-29-4-2-3-28(29)41/h5-6,16-18,21-22,24,26,28-29,41H,2-4,7-15,19-20H2,1H3,(H,37,38,43)/t21-,24?,26?,28-,29-/m0/s1. The smallest absolute Gasteiger partial charge is 0.229 e. The number of aliphatic hydroxyl groups excluding tert-OH is 1. The first-order valence-electron chi connectivity index (χ1n) is 16.8. The Morgan fingerprint density at radius 3 is 2.63 bits per heavy atom. The fourth-order valence-corrected chi connectivity index (χ4v) is 8.27. The molecule has 4 heterocycles. The Morgan fingerprint density at radius 1 is 1.09 bits per heavy atom. The number of aromatic nitrogens is 3. The van der Waals surface area contributed by atoms with Crippen LogP contribution in [-0.4, -0.2) is 98.8 Å². The molecule has 2 N–H and O–H groups in total. The number of hydrogen-bond acceptors (Lipinski definition) is 10. The normalized spacial score (nSPS) is 27.5. The zero-order chi connectivity index (χ0) is 31.6. The molecule has 2 aliphatic heterocycles. The zero-order valence-electron chi connectivity index (χ0n) is 26.5. The van der Waals surface area contributed by atoms with Crippen LogP contribution in [0.25, 0.3) is 21.3 Å². The molecule has 2 saturated carbocycles. The molecule has 3 aromatic rings. The number of ether oxygens (including phenoxy) is 2. The van der Waals surface area contributed by atoms with Gasteiger partial charge >= 0.3 is 0 Å². The van der Waals surface area contributed by atoms with E-state index in [1.165, 1.54) is 11.3 Å². The van der Waals surface area contributed by atoms with Crippen LogP contribution in [0, 0.1) is 11.8 Å². The van der Waals surface area contributed by atoms with E-state index >= 15 is 0 Å². The average Bonchev–Trinajstić information content (AvgIpc) is 3.65. The number of nitrogens with one attached hydrogen (secondary N) is 1. The van der Waals surface area contributed by atoms with Crippen molar-refractivity contribution in [1.29, 1.82) is 0 Å². The van der Waals surface area contributed by atoms with Crippen LogP contribution in [0.15, 0.2) is 30.6 Å². The minimum atomic E-state index is -0.396. The summed E-state index contributed by atoms with van der Waals surface area (Å²) in [6.07, 6.45) is 9.98. The van der Waals surface area contributed by atoms with Crippen molar-refractivity contribution in [3.63, 3.8) is 0 Å². The SMILES string of the molecule is C[C@H]1CN(C(=O)CC2CCOCC2)CCN1C1CC(C(=O)Nc2nc3ccc(-c4cnc(CO[C@H]5CCC[C@@H]5O)nc4)cc3s2)C1. The summed E-state index contributed by atoms with van der Waals surface area (Å²) >= 11 is 1.47. The molecule has 0 radical (unpaired) electrons. The molecule has 0 unspecified atom stereocenters. The summed E-state index contributed by atoms with van der Waals surface area (Å²) in [5.41, 5.74) is 2.72. The molecule has 246 valence electrons. The molecule has 0 bridgehead atoms. The van der Waals surface area contributed by atoms with E-state index in [4.69, 9.17) is 9.47 Å². The molecule has 0 spiro atoms. The van der Waals surface area contributed by atoms with Crippen LogP contribution in [0.4, 0.5) is 5.13 Å². The van der Waals surface area contributed by atoms with E-state index in [1.807, 2.05) is 17.0 Å². The Balaban J connectivity index is 0.880. The molecule has 2 saturated heterocycles. The maximum atomic E-state index is 13.1. The van der Waals surface area contributed by atoms with Gasteiger partial charge in [-0.3, -0.25) is 14.5 Å². The van der Waals surface area contributed by atoms with Crippen LogP contribution in [0.5, 0.6) is 0 Å². The van der Waals surface area contributed by atoms with Gasteiger partial charge < -0.3 is 24.8 Å². The van der Waals surface area contributed by atoms with E-state index in [1.54, 1.807) is 12.4 Å². The number of anilines is 1. The predicted octanol–water partition coefficient (Wildman–Crippen LogP) is 4.25. The summed E-state index contributed by atoms with van der Waals surface area (Å²) < 4.78 is 12.2. The highest BCUT2D eigenvalue weighted by Crippen LogP contribution is 2.36. The number of fused-ring (bicyclic) bond motifs is 1. The van der Waals surface area contributed by atoms with Crippen molar-refractivity contribution in [2.24, 2.45) is 11.8 Å². The van der Waals surface area contributed by atoms with Crippen molar-refractivity contribution >= 4 is 38.5 Å². The molecule has 46 heavy (non-hydrogen) atoms. The van der Waals surface area contributed by atoms with Gasteiger partial charge in [0.05, 0.1) is 22.4 Å². The van der Waals surface area contributed by atoms with E-state index < -0.39 is 6.10 Å². The molecule has 11 nitrogen and oxygen atoms in total. The molecular weight excluding hydrogens is 604 g/mol. The van der Waals surface area contributed by atoms with E-state index in [0.29, 0.717) is 35.4 Å². The molecule has 2 aromatic heterocycles. The van der Waals surface area contributed by atoms with Crippen LogP contribution in [0.3, 0.4) is 0 Å². The first-order valence-corrected chi connectivity index (χ1v) is 17.6. The number of benzene rings is 1. The second-order valence-electron chi connectivity index (χ2n) is 13.4. The molecule has 1 aromatic carbocycles. The quantitative estimate of drug-likeness (QED) is 0.350. The van der Waals surface area contributed by atoms with Gasteiger partial charge in [0.15, 0.2) is 11.0 Å². The lowest BCUT2D eigenvalue weighted by Crippen LogP contribution is -2.60. The second kappa shape index (κ2) is 14.0. The van der Waals surface area contributed by atoms with Crippen LogP contribution in [0.1, 0.15) is 64.1 Å². The van der Waals surface area contributed by atoms with Crippen LogP contribution >= 0.6 is 11.3 Å². The second-order valence-corrected chi connectivity index (χ2v) is 14.5. The minimum absolute atomic E-state index is 0.0236. The fraction of sp³-hybridized carbons (Fsp3) is 0.618. The van der Waals surface area contributed by atoms with Crippen LogP contribution in [-0.2, 0) is 25.7 Å². The summed E-state index contributed by atoms with van der Waals surface area (Å²) in [4.78, 5) is 44.2. The van der Waals surface area contributed by atoms with Gasteiger partial charge in [-0.1, -0.05) is 17.4 Å². The van der Waals surface area contributed by atoms with Gasteiger partial charge in [0.25, 0.3) is 0 Å². The number of carbonyl (C=O) groups excluding carboxylic acids is 2. The fourth-order valence-electron chi connectivity index (χ4n) is 7.37. The van der Waals surface area contributed by atoms with Gasteiger partial charge in [-0.2, -0.15) is 0 Å². The summed E-state index contributed by atoms with van der Waals surface area (Å²) in [5, 5.41) is 13.6. The Morgan fingerprint density at radius 2 is 1.89 bits per heavy atom. The lowest BCUT2D eigenvalue weighted by molar-refractivity contribution is -0.137. The molecule has 12 heteroatoms. The molecule has 3 atom stereocenters. The van der Waals surface area contributed by atoms with Crippen molar-refractivity contribution in [1.82, 2.24) is 24.8 Å². The van der Waals surface area contributed by atoms with Gasteiger partial charge in [-0.25, -0.2) is 15.0 Å². The maximum absolute atomic E-state index is 13.1. The van der Waals surface area contributed by atoms with Crippen molar-refractivity contribution in [3.8, 4) is 11.1 Å². The van der Waals surface area contributed by atoms with E-state index in [0.717, 1.165) is 99.1 Å². The number of amides is 2. The van der Waals surface area contributed by atoms with Crippen molar-refractivity contribution in [2.45, 2.75) is 89.2 Å². The van der Waals surface area contributed by atoms with Gasteiger partial charge in [0.2, 0.25) is 11.8 Å². The number of rotatable bonds is 9. The Hall–Kier alpha value is -3.03. The van der Waals surface area contributed by atoms with Gasteiger partial charge in [0.1, 0.15) is 6.61 Å². The highest BCUT2D eigenvalue weighted by Gasteiger charge is 2.41. The summed E-state index contributed by atoms with van der Waals surface area (Å²) in [6, 6.07) is 6.69. The van der Waals surface area contributed by atoms with E-state index in [9.17, 15) is 14.7 Å². The molecule has 7 rings (SSSR count). The topological polar surface area (TPSA) is 130 Å². The highest BCUT2D eigenvalue weighted by molar-refractivity contribution is 7.22. The number of piperazine rings is 1. The third-order valence-corrected chi connectivity index (χ3v) is 11.2. The van der Waals surface area contributed by atoms with Gasteiger partial charge in [-0.05, 0) is 75.5 Å². The third kappa shape index (κ3) is 7.11. The number of nitrogens with zero attached hydrogens (tertiary/aromatic N) is 5. The molecule has 2 amide bonds. The lowest BCUT2D eigenvalue weighted by Gasteiger charge is -2.49. The third-order valence-electron chi connectivity index (χ3n) is 10.3. The van der Waals surface area contributed by atoms with Crippen LogP contribution < -0.4 is 5.32 Å². The first-order chi connectivity index (χ1) is 22.4. The van der Waals surface area contributed by atoms with Gasteiger partial charge in [-0.15, -0.1) is 0 Å². The summed E-state index contributed by atoms with van der Waals surface area (Å²) in [5.74, 6) is 1.34. The molecule has 4 aliphatic rings. The molecule has 4 fully saturated rings. The van der Waals surface area contributed by atoms with Crippen molar-refractivity contribution in [3.05, 3.63) is 36.4 Å². The monoisotopic (exact) mass is 648 g/mol. The van der Waals surface area contributed by atoms with Gasteiger partial charge in [0, 0.05) is 75.2 Å². The average molecular weight is 649 g/mol. The Labute approximate surface area is 273 Å². The zero-order valence-corrected chi connectivity index (χ0v) is 27.3. The Kier molecular flexibility index (Phi) is 9.60. The predicted molar refractivity (Wildman–Crippen MR) is 175 cm³/mol. The minimum Gasteiger partial charge on any atom is -0.390 e. The number of carbonyl (C=O) groups is 2. The largest absolute Gasteiger partial charge is 0.390 e. The van der Waals surface area contributed by atoms with Crippen molar-refractivity contribution in [2.75, 3.05) is 38.2 Å². The summed E-state index contributed by atoms with van der Waals surface area (Å²) in [6.45, 7) is 6.43. The lowest BCUT2D eigenvalue weighted by atomic mass is 9.78. The maximum Gasteiger partial charge on any atom is 0.229 e.